The highest BCUT2D eigenvalue weighted by molar-refractivity contribution is 7.13. The van der Waals surface area contributed by atoms with Crippen LogP contribution in [-0.2, 0) is 20.7 Å². The van der Waals surface area contributed by atoms with Gasteiger partial charge in [0.15, 0.2) is 5.79 Å². The van der Waals surface area contributed by atoms with Gasteiger partial charge in [0, 0.05) is 38.8 Å². The highest BCUT2D eigenvalue weighted by atomic mass is 32.1. The molecule has 2 aliphatic heterocycles. The molecule has 1 spiro atoms. The van der Waals surface area contributed by atoms with E-state index in [1.807, 2.05) is 22.4 Å². The Bertz CT molecular complexity index is 684. The zero-order chi connectivity index (χ0) is 16.4. The molecule has 2 aromatic rings. The smallest absolute Gasteiger partial charge is 0.257 e. The number of aromatic nitrogens is 2. The Hall–Kier alpha value is -1.77. The molecule has 0 aromatic carbocycles. The normalized spacial score (nSPS) is 19.9. The van der Waals surface area contributed by atoms with Gasteiger partial charge in [-0.05, 0) is 11.4 Å². The standard InChI is InChI=1S/C16H19N3O4S/c20-14(19-7-5-16(6-8-19)21-9-10-22-16)4-3-13-17-18-15(23-13)12-2-1-11-24-12/h1-2,11H,3-10H2. The van der Waals surface area contributed by atoms with Crippen molar-refractivity contribution in [1.29, 1.82) is 0 Å². The molecule has 1 amide bonds. The fourth-order valence-electron chi connectivity index (χ4n) is 3.11. The maximum atomic E-state index is 12.4. The molecule has 2 saturated heterocycles. The predicted octanol–water partition coefficient (Wildman–Crippen LogP) is 2.10. The minimum atomic E-state index is -0.446. The number of ether oxygens (including phenoxy) is 2. The van der Waals surface area contributed by atoms with E-state index in [0.717, 1.165) is 17.7 Å². The van der Waals surface area contributed by atoms with Crippen LogP contribution in [0.15, 0.2) is 21.9 Å². The van der Waals surface area contributed by atoms with Crippen molar-refractivity contribution in [1.82, 2.24) is 15.1 Å². The second kappa shape index (κ2) is 6.62. The first-order chi connectivity index (χ1) is 11.7. The van der Waals surface area contributed by atoms with Crippen molar-refractivity contribution in [3.05, 3.63) is 23.4 Å². The molecule has 0 N–H and O–H groups in total. The van der Waals surface area contributed by atoms with E-state index in [1.165, 1.54) is 0 Å². The zero-order valence-corrected chi connectivity index (χ0v) is 14.1. The van der Waals surface area contributed by atoms with Gasteiger partial charge in [-0.2, -0.15) is 0 Å². The summed E-state index contributed by atoms with van der Waals surface area (Å²) in [6.07, 6.45) is 2.32. The SMILES string of the molecule is O=C(CCc1nnc(-c2cccs2)o1)N1CCC2(CC1)OCCO2. The molecular formula is C16H19N3O4S. The molecule has 2 aliphatic rings. The quantitative estimate of drug-likeness (QED) is 0.841. The van der Waals surface area contributed by atoms with Crippen molar-refractivity contribution in [2.24, 2.45) is 0 Å². The molecule has 0 saturated carbocycles. The van der Waals surface area contributed by atoms with Crippen LogP contribution in [0, 0.1) is 0 Å². The second-order valence-corrected chi connectivity index (χ2v) is 6.91. The van der Waals surface area contributed by atoms with Gasteiger partial charge in [-0.3, -0.25) is 4.79 Å². The summed E-state index contributed by atoms with van der Waals surface area (Å²) < 4.78 is 17.0. The van der Waals surface area contributed by atoms with E-state index in [4.69, 9.17) is 13.9 Å². The van der Waals surface area contributed by atoms with Gasteiger partial charge in [0.2, 0.25) is 11.8 Å². The first kappa shape index (κ1) is 15.7. The van der Waals surface area contributed by atoms with Crippen LogP contribution in [0.4, 0.5) is 0 Å². The molecule has 8 heteroatoms. The van der Waals surface area contributed by atoms with Gasteiger partial charge in [0.1, 0.15) is 0 Å². The predicted molar refractivity (Wildman–Crippen MR) is 86.4 cm³/mol. The first-order valence-corrected chi connectivity index (χ1v) is 9.04. The van der Waals surface area contributed by atoms with Gasteiger partial charge >= 0.3 is 0 Å². The Labute approximate surface area is 143 Å². The molecule has 128 valence electrons. The average molecular weight is 349 g/mol. The maximum absolute atomic E-state index is 12.4. The molecule has 0 radical (unpaired) electrons. The lowest BCUT2D eigenvalue weighted by Gasteiger charge is -2.37. The molecule has 0 unspecified atom stereocenters. The lowest BCUT2D eigenvalue weighted by atomic mass is 10.0. The summed E-state index contributed by atoms with van der Waals surface area (Å²) in [6, 6.07) is 3.87. The summed E-state index contributed by atoms with van der Waals surface area (Å²) in [7, 11) is 0. The summed E-state index contributed by atoms with van der Waals surface area (Å²) in [4.78, 5) is 15.2. The first-order valence-electron chi connectivity index (χ1n) is 8.16. The van der Waals surface area contributed by atoms with Crippen LogP contribution < -0.4 is 0 Å². The lowest BCUT2D eigenvalue weighted by molar-refractivity contribution is -0.187. The van der Waals surface area contributed by atoms with E-state index < -0.39 is 5.79 Å². The molecule has 0 aliphatic carbocycles. The third-order valence-corrected chi connectivity index (χ3v) is 5.30. The average Bonchev–Trinajstić information content (AvgIpc) is 3.35. The minimum absolute atomic E-state index is 0.110. The molecule has 4 heterocycles. The van der Waals surface area contributed by atoms with Crippen molar-refractivity contribution in [2.45, 2.75) is 31.5 Å². The van der Waals surface area contributed by atoms with Crippen LogP contribution in [0.1, 0.15) is 25.2 Å². The lowest BCUT2D eigenvalue weighted by Crippen LogP contribution is -2.47. The number of hydrogen-bond acceptors (Lipinski definition) is 7. The van der Waals surface area contributed by atoms with Crippen molar-refractivity contribution < 1.29 is 18.7 Å². The van der Waals surface area contributed by atoms with Gasteiger partial charge in [-0.1, -0.05) is 6.07 Å². The van der Waals surface area contributed by atoms with E-state index in [1.54, 1.807) is 11.3 Å². The third-order valence-electron chi connectivity index (χ3n) is 4.44. The fourth-order valence-corrected chi connectivity index (χ4v) is 3.75. The van der Waals surface area contributed by atoms with Crippen LogP contribution in [-0.4, -0.2) is 53.1 Å². The number of carbonyl (C=O) groups excluding carboxylic acids is 1. The monoisotopic (exact) mass is 349 g/mol. The van der Waals surface area contributed by atoms with Gasteiger partial charge in [-0.15, -0.1) is 21.5 Å². The number of rotatable bonds is 4. The summed E-state index contributed by atoms with van der Waals surface area (Å²) >= 11 is 1.55. The number of amides is 1. The van der Waals surface area contributed by atoms with Crippen molar-refractivity contribution >= 4 is 17.2 Å². The van der Waals surface area contributed by atoms with E-state index in [9.17, 15) is 4.79 Å². The van der Waals surface area contributed by atoms with Crippen LogP contribution >= 0.6 is 11.3 Å². The largest absolute Gasteiger partial charge is 0.420 e. The van der Waals surface area contributed by atoms with E-state index in [0.29, 0.717) is 50.9 Å². The second-order valence-electron chi connectivity index (χ2n) is 5.97. The highest BCUT2D eigenvalue weighted by Crippen LogP contribution is 2.31. The van der Waals surface area contributed by atoms with E-state index in [2.05, 4.69) is 10.2 Å². The van der Waals surface area contributed by atoms with Crippen molar-refractivity contribution in [3.8, 4) is 10.8 Å². The number of thiophene rings is 1. The van der Waals surface area contributed by atoms with E-state index >= 15 is 0 Å². The van der Waals surface area contributed by atoms with Gasteiger partial charge in [0.05, 0.1) is 18.1 Å². The number of hydrogen-bond donors (Lipinski definition) is 0. The molecule has 7 nitrogen and oxygen atoms in total. The molecule has 24 heavy (non-hydrogen) atoms. The fraction of sp³-hybridized carbons (Fsp3) is 0.562. The Morgan fingerprint density at radius 3 is 2.75 bits per heavy atom. The van der Waals surface area contributed by atoms with Crippen LogP contribution in [0.2, 0.25) is 0 Å². The number of likely N-dealkylation sites (tertiary alicyclic amines) is 1. The number of piperidine rings is 1. The van der Waals surface area contributed by atoms with Gasteiger partial charge in [0.25, 0.3) is 5.89 Å². The van der Waals surface area contributed by atoms with Crippen molar-refractivity contribution in [2.75, 3.05) is 26.3 Å². The van der Waals surface area contributed by atoms with Crippen molar-refractivity contribution in [3.63, 3.8) is 0 Å². The topological polar surface area (TPSA) is 77.7 Å². The zero-order valence-electron chi connectivity index (χ0n) is 13.3. The summed E-state index contributed by atoms with van der Waals surface area (Å²) in [6.45, 7) is 2.64. The van der Waals surface area contributed by atoms with E-state index in [-0.39, 0.29) is 5.91 Å². The Balaban J connectivity index is 1.28. The number of carbonyl (C=O) groups is 1. The highest BCUT2D eigenvalue weighted by Gasteiger charge is 2.40. The number of nitrogens with zero attached hydrogens (tertiary/aromatic N) is 3. The molecular weight excluding hydrogens is 330 g/mol. The molecule has 4 rings (SSSR count). The number of aryl methyl sites for hydroxylation is 1. The molecule has 2 aromatic heterocycles. The maximum Gasteiger partial charge on any atom is 0.257 e. The molecule has 0 atom stereocenters. The summed E-state index contributed by atoms with van der Waals surface area (Å²) in [5.74, 6) is 0.683. The minimum Gasteiger partial charge on any atom is -0.420 e. The Morgan fingerprint density at radius 1 is 1.25 bits per heavy atom. The Kier molecular flexibility index (Phi) is 4.34. The van der Waals surface area contributed by atoms with Gasteiger partial charge in [-0.25, -0.2) is 0 Å². The molecule has 2 fully saturated rings. The van der Waals surface area contributed by atoms with Crippen LogP contribution in [0.5, 0.6) is 0 Å². The summed E-state index contributed by atoms with van der Waals surface area (Å²) in [5.41, 5.74) is 0. The Morgan fingerprint density at radius 2 is 2.04 bits per heavy atom. The van der Waals surface area contributed by atoms with Crippen LogP contribution in [0.25, 0.3) is 10.8 Å². The van der Waals surface area contributed by atoms with Crippen LogP contribution in [0.3, 0.4) is 0 Å². The molecule has 0 bridgehead atoms. The third kappa shape index (κ3) is 3.22. The summed E-state index contributed by atoms with van der Waals surface area (Å²) in [5, 5.41) is 10.0. The van der Waals surface area contributed by atoms with Gasteiger partial charge < -0.3 is 18.8 Å².